The first-order valence-corrected chi connectivity index (χ1v) is 8.39. The Morgan fingerprint density at radius 1 is 1.09 bits per heavy atom. The van der Waals surface area contributed by atoms with Gasteiger partial charge in [0, 0.05) is 0 Å². The molecule has 1 atom stereocenters. The van der Waals surface area contributed by atoms with E-state index in [4.69, 9.17) is 4.74 Å². The fraction of sp³-hybridized carbons (Fsp3) is 0.556. The molecule has 0 radical (unpaired) electrons. The van der Waals surface area contributed by atoms with Crippen molar-refractivity contribution in [2.24, 2.45) is 0 Å². The van der Waals surface area contributed by atoms with Crippen molar-refractivity contribution in [3.63, 3.8) is 0 Å². The first-order chi connectivity index (χ1) is 10.8. The van der Waals surface area contributed by atoms with Crippen LogP contribution in [-0.2, 0) is 17.8 Å². The molecule has 0 spiro atoms. The summed E-state index contributed by atoms with van der Waals surface area (Å²) in [7, 11) is 0. The van der Waals surface area contributed by atoms with Gasteiger partial charge in [0.05, 0.1) is 18.5 Å². The van der Waals surface area contributed by atoms with E-state index in [2.05, 4.69) is 36.3 Å². The molecule has 4 heteroatoms. The van der Waals surface area contributed by atoms with Gasteiger partial charge in [0.2, 0.25) is 0 Å². The van der Waals surface area contributed by atoms with E-state index in [-0.39, 0.29) is 6.23 Å². The summed E-state index contributed by atoms with van der Waals surface area (Å²) in [5.74, 6) is 0. The molecule has 0 aliphatic rings. The molecule has 22 heavy (non-hydrogen) atoms. The zero-order valence-electron chi connectivity index (χ0n) is 13.7. The van der Waals surface area contributed by atoms with Gasteiger partial charge in [0.15, 0.2) is 6.23 Å². The lowest BCUT2D eigenvalue weighted by atomic mass is 10.1. The van der Waals surface area contributed by atoms with Crippen LogP contribution in [0.4, 0.5) is 0 Å². The second kappa shape index (κ2) is 9.36. The van der Waals surface area contributed by atoms with E-state index in [9.17, 15) is 0 Å². The molecule has 1 heterocycles. The highest BCUT2D eigenvalue weighted by Crippen LogP contribution is 2.15. The molecule has 120 valence electrons. The number of aryl methyl sites for hydroxylation is 1. The van der Waals surface area contributed by atoms with Gasteiger partial charge in [-0.2, -0.15) is 0 Å². The second-order valence-corrected chi connectivity index (χ2v) is 5.66. The van der Waals surface area contributed by atoms with Gasteiger partial charge in [-0.1, -0.05) is 68.7 Å². The molecule has 0 amide bonds. The fourth-order valence-corrected chi connectivity index (χ4v) is 2.45. The molecule has 0 N–H and O–H groups in total. The van der Waals surface area contributed by atoms with Gasteiger partial charge in [-0.25, -0.2) is 4.68 Å². The van der Waals surface area contributed by atoms with Crippen molar-refractivity contribution in [3.05, 3.63) is 47.8 Å². The van der Waals surface area contributed by atoms with Crippen LogP contribution >= 0.6 is 0 Å². The van der Waals surface area contributed by atoms with Crippen molar-refractivity contribution in [3.8, 4) is 0 Å². The monoisotopic (exact) mass is 301 g/mol. The summed E-state index contributed by atoms with van der Waals surface area (Å²) < 4.78 is 7.84. The highest BCUT2D eigenvalue weighted by Gasteiger charge is 2.11. The minimum absolute atomic E-state index is 0.0444. The predicted octanol–water partition coefficient (Wildman–Crippen LogP) is 4.53. The average molecular weight is 301 g/mol. The van der Waals surface area contributed by atoms with Crippen LogP contribution in [0.1, 0.15) is 63.4 Å². The molecule has 1 aromatic heterocycles. The minimum Gasteiger partial charge on any atom is -0.352 e. The first kappa shape index (κ1) is 16.7. The van der Waals surface area contributed by atoms with Crippen LogP contribution < -0.4 is 0 Å². The zero-order valence-corrected chi connectivity index (χ0v) is 13.7. The topological polar surface area (TPSA) is 39.9 Å². The normalized spacial score (nSPS) is 12.5. The molecular weight excluding hydrogens is 274 g/mol. The third-order valence-electron chi connectivity index (χ3n) is 3.77. The molecule has 0 aliphatic carbocycles. The van der Waals surface area contributed by atoms with E-state index in [1.54, 1.807) is 0 Å². The van der Waals surface area contributed by atoms with Crippen molar-refractivity contribution in [1.29, 1.82) is 0 Å². The number of rotatable bonds is 10. The first-order valence-electron chi connectivity index (χ1n) is 8.39. The van der Waals surface area contributed by atoms with Gasteiger partial charge in [-0.3, -0.25) is 0 Å². The SMILES string of the molecule is CCCCCCc1cn(C(CC)OCc2ccccc2)nn1. The third kappa shape index (κ3) is 5.26. The molecule has 0 aliphatic heterocycles. The van der Waals surface area contributed by atoms with Crippen LogP contribution in [0.25, 0.3) is 0 Å². The van der Waals surface area contributed by atoms with Gasteiger partial charge in [0.1, 0.15) is 0 Å². The maximum Gasteiger partial charge on any atom is 0.152 e. The van der Waals surface area contributed by atoms with E-state index in [1.165, 1.54) is 31.2 Å². The van der Waals surface area contributed by atoms with Gasteiger partial charge in [-0.05, 0) is 24.8 Å². The van der Waals surface area contributed by atoms with E-state index >= 15 is 0 Å². The Hall–Kier alpha value is -1.68. The third-order valence-corrected chi connectivity index (χ3v) is 3.77. The average Bonchev–Trinajstić information content (AvgIpc) is 3.02. The fourth-order valence-electron chi connectivity index (χ4n) is 2.45. The van der Waals surface area contributed by atoms with Crippen LogP contribution in [-0.4, -0.2) is 15.0 Å². The maximum atomic E-state index is 5.98. The lowest BCUT2D eigenvalue weighted by Gasteiger charge is -2.15. The second-order valence-electron chi connectivity index (χ2n) is 5.66. The molecule has 4 nitrogen and oxygen atoms in total. The number of benzene rings is 1. The van der Waals surface area contributed by atoms with Crippen molar-refractivity contribution in [1.82, 2.24) is 15.0 Å². The predicted molar refractivity (Wildman–Crippen MR) is 88.4 cm³/mol. The lowest BCUT2D eigenvalue weighted by Crippen LogP contribution is -2.13. The molecule has 0 fully saturated rings. The summed E-state index contributed by atoms with van der Waals surface area (Å²) in [6, 6.07) is 10.2. The number of nitrogens with zero attached hydrogens (tertiary/aromatic N) is 3. The number of unbranched alkanes of at least 4 members (excludes halogenated alkanes) is 3. The molecule has 0 saturated carbocycles. The van der Waals surface area contributed by atoms with Crippen LogP contribution in [0.5, 0.6) is 0 Å². The Kier molecular flexibility index (Phi) is 7.10. The standard InChI is InChI=1S/C18H27N3O/c1-3-5-6-10-13-17-14-21(20-19-17)18(4-2)22-15-16-11-8-7-9-12-16/h7-9,11-12,14,18H,3-6,10,13,15H2,1-2H3. The highest BCUT2D eigenvalue weighted by molar-refractivity contribution is 5.13. The maximum absolute atomic E-state index is 5.98. The highest BCUT2D eigenvalue weighted by atomic mass is 16.5. The Labute approximate surface area is 133 Å². The van der Waals surface area contributed by atoms with Gasteiger partial charge < -0.3 is 4.74 Å². The lowest BCUT2D eigenvalue weighted by molar-refractivity contribution is -0.0211. The summed E-state index contributed by atoms with van der Waals surface area (Å²) in [5.41, 5.74) is 2.25. The van der Waals surface area contributed by atoms with Gasteiger partial charge >= 0.3 is 0 Å². The summed E-state index contributed by atoms with van der Waals surface area (Å²) in [6.07, 6.45) is 8.89. The van der Waals surface area contributed by atoms with Gasteiger partial charge in [0.25, 0.3) is 0 Å². The molecule has 1 aromatic carbocycles. The largest absolute Gasteiger partial charge is 0.352 e. The number of aromatic nitrogens is 3. The summed E-state index contributed by atoms with van der Waals surface area (Å²) in [5, 5.41) is 8.51. The Morgan fingerprint density at radius 3 is 2.64 bits per heavy atom. The van der Waals surface area contributed by atoms with Gasteiger partial charge in [-0.15, -0.1) is 5.10 Å². The Morgan fingerprint density at radius 2 is 1.91 bits per heavy atom. The summed E-state index contributed by atoms with van der Waals surface area (Å²) >= 11 is 0. The molecule has 1 unspecified atom stereocenters. The van der Waals surface area contributed by atoms with E-state index in [0.29, 0.717) is 6.61 Å². The molecule has 2 aromatic rings. The Balaban J connectivity index is 1.84. The van der Waals surface area contributed by atoms with Crippen molar-refractivity contribution in [2.45, 2.75) is 65.2 Å². The number of hydrogen-bond donors (Lipinski definition) is 0. The minimum atomic E-state index is -0.0444. The quantitative estimate of drug-likeness (QED) is 0.605. The molecule has 0 bridgehead atoms. The summed E-state index contributed by atoms with van der Waals surface area (Å²) in [4.78, 5) is 0. The smallest absolute Gasteiger partial charge is 0.152 e. The molecule has 2 rings (SSSR count). The van der Waals surface area contributed by atoms with Crippen LogP contribution in [0.3, 0.4) is 0 Å². The van der Waals surface area contributed by atoms with Crippen LogP contribution in [0.2, 0.25) is 0 Å². The molecular formula is C18H27N3O. The van der Waals surface area contributed by atoms with Crippen LogP contribution in [0.15, 0.2) is 36.5 Å². The van der Waals surface area contributed by atoms with E-state index in [1.807, 2.05) is 29.1 Å². The zero-order chi connectivity index (χ0) is 15.6. The van der Waals surface area contributed by atoms with Crippen molar-refractivity contribution >= 4 is 0 Å². The van der Waals surface area contributed by atoms with Crippen LogP contribution in [0, 0.1) is 0 Å². The molecule has 0 saturated heterocycles. The number of ether oxygens (including phenoxy) is 1. The Bertz CT molecular complexity index is 524. The number of hydrogen-bond acceptors (Lipinski definition) is 3. The van der Waals surface area contributed by atoms with Crippen molar-refractivity contribution in [2.75, 3.05) is 0 Å². The van der Waals surface area contributed by atoms with E-state index < -0.39 is 0 Å². The van der Waals surface area contributed by atoms with E-state index in [0.717, 1.165) is 18.5 Å². The summed E-state index contributed by atoms with van der Waals surface area (Å²) in [6.45, 7) is 4.94. The van der Waals surface area contributed by atoms with Crippen molar-refractivity contribution < 1.29 is 4.74 Å².